The van der Waals surface area contributed by atoms with Crippen molar-refractivity contribution in [3.63, 3.8) is 0 Å². The number of benzene rings is 1. The maximum Gasteiger partial charge on any atom is 0.320 e. The molecule has 3 N–H and O–H groups in total. The number of carboxylic acids is 1. The molecule has 0 radical (unpaired) electrons. The Balaban J connectivity index is 1.43. The second-order valence-corrected chi connectivity index (χ2v) is 7.05. The van der Waals surface area contributed by atoms with Gasteiger partial charge in [-0.25, -0.2) is 4.98 Å². The summed E-state index contributed by atoms with van der Waals surface area (Å²) in [6, 6.07) is 5.35. The first kappa shape index (κ1) is 16.1. The minimum atomic E-state index is -0.824. The molecule has 2 unspecified atom stereocenters. The fourth-order valence-corrected chi connectivity index (χ4v) is 3.78. The van der Waals surface area contributed by atoms with E-state index in [4.69, 9.17) is 0 Å². The lowest BCUT2D eigenvalue weighted by Gasteiger charge is -2.27. The van der Waals surface area contributed by atoms with Crippen molar-refractivity contribution in [3.05, 3.63) is 29.6 Å². The molecule has 1 aliphatic heterocycles. The number of amides is 1. The van der Waals surface area contributed by atoms with Gasteiger partial charge in [-0.3, -0.25) is 14.5 Å². The number of nitrogens with zero attached hydrogens (tertiary/aromatic N) is 2. The number of rotatable bonds is 5. The van der Waals surface area contributed by atoms with Crippen LogP contribution in [0.5, 0.6) is 0 Å². The first-order chi connectivity index (χ1) is 12.0. The van der Waals surface area contributed by atoms with Crippen molar-refractivity contribution < 1.29 is 14.7 Å². The van der Waals surface area contributed by atoms with E-state index in [1.807, 2.05) is 30.0 Å². The van der Waals surface area contributed by atoms with Crippen LogP contribution >= 0.6 is 0 Å². The van der Waals surface area contributed by atoms with Crippen molar-refractivity contribution in [2.45, 2.75) is 57.3 Å². The SMILES string of the molecule is Cc1ccc2nc(CNC(=O)C3CCC(C(=O)O)N3C3CC3)[nH]c2c1. The summed E-state index contributed by atoms with van der Waals surface area (Å²) in [6.07, 6.45) is 3.10. The number of carbonyl (C=O) groups is 2. The van der Waals surface area contributed by atoms with Gasteiger partial charge < -0.3 is 15.4 Å². The molecule has 7 nitrogen and oxygen atoms in total. The standard InChI is InChI=1S/C18H22N4O3/c1-10-2-5-12-13(8-10)21-16(20-12)9-19-17(23)14-6-7-15(18(24)25)22(14)11-3-4-11/h2,5,8,11,14-15H,3-4,6-7,9H2,1H3,(H,19,23)(H,20,21)(H,24,25). The Hall–Kier alpha value is -2.41. The van der Waals surface area contributed by atoms with Crippen LogP contribution in [-0.2, 0) is 16.1 Å². The quantitative estimate of drug-likeness (QED) is 0.766. The number of hydrogen-bond acceptors (Lipinski definition) is 4. The molecule has 1 amide bonds. The summed E-state index contributed by atoms with van der Waals surface area (Å²) in [5.41, 5.74) is 2.98. The number of aliphatic carboxylic acids is 1. The lowest BCUT2D eigenvalue weighted by Crippen LogP contribution is -2.49. The van der Waals surface area contributed by atoms with Crippen LogP contribution in [0.4, 0.5) is 0 Å². The Labute approximate surface area is 145 Å². The fourth-order valence-electron chi connectivity index (χ4n) is 3.78. The highest BCUT2D eigenvalue weighted by Gasteiger charge is 2.48. The van der Waals surface area contributed by atoms with Crippen LogP contribution in [0.2, 0.25) is 0 Å². The lowest BCUT2D eigenvalue weighted by atomic mass is 10.2. The number of carboxylic acid groups (broad SMARTS) is 1. The minimum absolute atomic E-state index is 0.104. The van der Waals surface area contributed by atoms with E-state index in [0.717, 1.165) is 29.4 Å². The molecule has 2 heterocycles. The third kappa shape index (κ3) is 3.11. The molecule has 1 aromatic heterocycles. The van der Waals surface area contributed by atoms with Crippen LogP contribution in [0.1, 0.15) is 37.1 Å². The van der Waals surface area contributed by atoms with Crippen molar-refractivity contribution in [2.24, 2.45) is 0 Å². The van der Waals surface area contributed by atoms with Gasteiger partial charge in [-0.15, -0.1) is 0 Å². The number of hydrogen-bond donors (Lipinski definition) is 3. The van der Waals surface area contributed by atoms with Crippen LogP contribution in [0.3, 0.4) is 0 Å². The van der Waals surface area contributed by atoms with Gasteiger partial charge in [0, 0.05) is 6.04 Å². The van der Waals surface area contributed by atoms with Crippen molar-refractivity contribution in [3.8, 4) is 0 Å². The normalized spacial score (nSPS) is 23.9. The molecule has 1 aromatic carbocycles. The van der Waals surface area contributed by atoms with Crippen molar-refractivity contribution in [2.75, 3.05) is 0 Å². The number of H-pyrrole nitrogens is 1. The van der Waals surface area contributed by atoms with Gasteiger partial charge in [-0.1, -0.05) is 6.07 Å². The van der Waals surface area contributed by atoms with E-state index in [-0.39, 0.29) is 18.0 Å². The maximum atomic E-state index is 12.6. The molecule has 1 saturated carbocycles. The Bertz CT molecular complexity index is 827. The Morgan fingerprint density at radius 3 is 2.76 bits per heavy atom. The Morgan fingerprint density at radius 1 is 1.28 bits per heavy atom. The molecule has 2 aromatic rings. The van der Waals surface area contributed by atoms with E-state index < -0.39 is 12.0 Å². The van der Waals surface area contributed by atoms with Gasteiger partial charge in [0.05, 0.1) is 23.6 Å². The zero-order valence-corrected chi connectivity index (χ0v) is 14.2. The highest BCUT2D eigenvalue weighted by atomic mass is 16.4. The van der Waals surface area contributed by atoms with Crippen LogP contribution in [0.15, 0.2) is 18.2 Å². The summed E-state index contributed by atoms with van der Waals surface area (Å²) in [4.78, 5) is 33.7. The number of aryl methyl sites for hydroxylation is 1. The molecule has 0 bridgehead atoms. The molecule has 0 spiro atoms. The maximum absolute atomic E-state index is 12.6. The summed E-state index contributed by atoms with van der Waals surface area (Å²) >= 11 is 0. The number of carbonyl (C=O) groups excluding carboxylic acids is 1. The second-order valence-electron chi connectivity index (χ2n) is 7.05. The van der Waals surface area contributed by atoms with E-state index >= 15 is 0 Å². The molecule has 1 aliphatic carbocycles. The number of imidazole rings is 1. The second kappa shape index (κ2) is 6.15. The number of aromatic nitrogens is 2. The molecule has 2 atom stereocenters. The average molecular weight is 342 g/mol. The predicted molar refractivity (Wildman–Crippen MR) is 92.0 cm³/mol. The molecule has 132 valence electrons. The third-order valence-corrected chi connectivity index (χ3v) is 5.11. The number of aromatic amines is 1. The van der Waals surface area contributed by atoms with Gasteiger partial charge in [0.2, 0.25) is 5.91 Å². The highest BCUT2D eigenvalue weighted by molar-refractivity contribution is 5.84. The van der Waals surface area contributed by atoms with Gasteiger partial charge >= 0.3 is 5.97 Å². The molecule has 4 rings (SSSR count). The summed E-state index contributed by atoms with van der Waals surface area (Å²) in [5.74, 6) is -0.221. The largest absolute Gasteiger partial charge is 0.480 e. The van der Waals surface area contributed by atoms with E-state index in [2.05, 4.69) is 15.3 Å². The van der Waals surface area contributed by atoms with Crippen LogP contribution in [0, 0.1) is 6.92 Å². The van der Waals surface area contributed by atoms with Gasteiger partial charge in [0.15, 0.2) is 0 Å². The highest BCUT2D eigenvalue weighted by Crippen LogP contribution is 2.37. The minimum Gasteiger partial charge on any atom is -0.480 e. The number of nitrogens with one attached hydrogen (secondary N) is 2. The molecule has 7 heteroatoms. The third-order valence-electron chi connectivity index (χ3n) is 5.11. The first-order valence-electron chi connectivity index (χ1n) is 8.76. The Kier molecular flexibility index (Phi) is 3.95. The summed E-state index contributed by atoms with van der Waals surface area (Å²) in [5, 5.41) is 12.3. The summed E-state index contributed by atoms with van der Waals surface area (Å²) < 4.78 is 0. The van der Waals surface area contributed by atoms with E-state index in [0.29, 0.717) is 25.2 Å². The first-order valence-corrected chi connectivity index (χ1v) is 8.76. The number of fused-ring (bicyclic) bond motifs is 1. The van der Waals surface area contributed by atoms with Gasteiger partial charge in [-0.2, -0.15) is 0 Å². The molecular formula is C18H22N4O3. The molecule has 2 aliphatic rings. The Morgan fingerprint density at radius 2 is 2.04 bits per heavy atom. The number of likely N-dealkylation sites (tertiary alicyclic amines) is 1. The van der Waals surface area contributed by atoms with E-state index in [9.17, 15) is 14.7 Å². The van der Waals surface area contributed by atoms with Crippen molar-refractivity contribution in [1.82, 2.24) is 20.2 Å². The van der Waals surface area contributed by atoms with E-state index in [1.165, 1.54) is 0 Å². The molecule has 1 saturated heterocycles. The topological polar surface area (TPSA) is 98.3 Å². The lowest BCUT2D eigenvalue weighted by molar-refractivity contribution is -0.143. The van der Waals surface area contributed by atoms with Crippen LogP contribution < -0.4 is 5.32 Å². The monoisotopic (exact) mass is 342 g/mol. The van der Waals surface area contributed by atoms with Crippen LogP contribution in [-0.4, -0.2) is 50.0 Å². The van der Waals surface area contributed by atoms with E-state index in [1.54, 1.807) is 0 Å². The molecule has 25 heavy (non-hydrogen) atoms. The predicted octanol–water partition coefficient (Wildman–Crippen LogP) is 1.57. The van der Waals surface area contributed by atoms with Gasteiger partial charge in [-0.05, 0) is 50.3 Å². The zero-order valence-electron chi connectivity index (χ0n) is 14.2. The molecular weight excluding hydrogens is 320 g/mol. The van der Waals surface area contributed by atoms with Crippen LogP contribution in [0.25, 0.3) is 11.0 Å². The smallest absolute Gasteiger partial charge is 0.320 e. The van der Waals surface area contributed by atoms with Crippen molar-refractivity contribution >= 4 is 22.9 Å². The zero-order chi connectivity index (χ0) is 17.6. The van der Waals surface area contributed by atoms with Gasteiger partial charge in [0.25, 0.3) is 0 Å². The average Bonchev–Trinajstić information content (AvgIpc) is 3.18. The summed E-state index contributed by atoms with van der Waals surface area (Å²) in [6.45, 7) is 2.34. The summed E-state index contributed by atoms with van der Waals surface area (Å²) in [7, 11) is 0. The molecule has 2 fully saturated rings. The fraction of sp³-hybridized carbons (Fsp3) is 0.500. The van der Waals surface area contributed by atoms with Crippen molar-refractivity contribution in [1.29, 1.82) is 0 Å². The van der Waals surface area contributed by atoms with Gasteiger partial charge in [0.1, 0.15) is 11.9 Å².